The molecule has 3 amide bonds. The molecule has 2 fully saturated rings. The van der Waals surface area contributed by atoms with Gasteiger partial charge in [0.05, 0.1) is 0 Å². The molecule has 1 aromatic carbocycles. The minimum atomic E-state index is -0.00817. The molecule has 0 radical (unpaired) electrons. The van der Waals surface area contributed by atoms with E-state index in [0.29, 0.717) is 24.1 Å². The summed E-state index contributed by atoms with van der Waals surface area (Å²) in [4.78, 5) is 28.0. The van der Waals surface area contributed by atoms with Crippen molar-refractivity contribution in [2.24, 2.45) is 5.92 Å². The van der Waals surface area contributed by atoms with Crippen LogP contribution in [0.25, 0.3) is 0 Å². The van der Waals surface area contributed by atoms with Gasteiger partial charge in [-0.05, 0) is 49.3 Å². The molecule has 3 rings (SSSR count). The van der Waals surface area contributed by atoms with Crippen LogP contribution in [0.15, 0.2) is 24.3 Å². The third-order valence-corrected chi connectivity index (χ3v) is 5.30. The summed E-state index contributed by atoms with van der Waals surface area (Å²) in [7, 11) is 3.48. The Hall–Kier alpha value is -2.04. The van der Waals surface area contributed by atoms with Gasteiger partial charge in [0.25, 0.3) is 5.91 Å². The van der Waals surface area contributed by atoms with E-state index in [-0.39, 0.29) is 11.9 Å². The number of hydrogen-bond acceptors (Lipinski definition) is 2. The van der Waals surface area contributed by atoms with Crippen molar-refractivity contribution in [3.05, 3.63) is 35.4 Å². The molecule has 0 aromatic heterocycles. The van der Waals surface area contributed by atoms with Crippen LogP contribution >= 0.6 is 0 Å². The van der Waals surface area contributed by atoms with Crippen molar-refractivity contribution in [2.75, 3.05) is 20.6 Å². The number of amides is 3. The zero-order chi connectivity index (χ0) is 17.1. The lowest BCUT2D eigenvalue weighted by Crippen LogP contribution is -2.50. The number of carbonyl (C=O) groups excluding carboxylic acids is 2. The van der Waals surface area contributed by atoms with E-state index in [4.69, 9.17) is 0 Å². The number of nitrogens with one attached hydrogen (secondary N) is 1. The maximum Gasteiger partial charge on any atom is 0.317 e. The van der Waals surface area contributed by atoms with Gasteiger partial charge in [0.1, 0.15) is 0 Å². The standard InChI is InChI=1S/C19H27N3O2/c1-21(2)18(23)16-10-8-14(9-11-16)13-20-19(24)22-12-4-6-15-5-3-7-17(15)22/h8-11,15,17H,3-7,12-13H2,1-2H3,(H,20,24). The topological polar surface area (TPSA) is 52.7 Å². The number of hydrogen-bond donors (Lipinski definition) is 1. The number of urea groups is 1. The van der Waals surface area contributed by atoms with Crippen LogP contribution in [0, 0.1) is 5.92 Å². The molecule has 2 unspecified atom stereocenters. The number of benzene rings is 1. The maximum atomic E-state index is 12.5. The molecule has 5 heteroatoms. The first-order valence-corrected chi connectivity index (χ1v) is 8.91. The summed E-state index contributed by atoms with van der Waals surface area (Å²) in [5, 5.41) is 3.04. The van der Waals surface area contributed by atoms with Crippen LogP contribution in [0.2, 0.25) is 0 Å². The lowest BCUT2D eigenvalue weighted by molar-refractivity contribution is 0.0827. The van der Waals surface area contributed by atoms with Crippen LogP contribution in [0.3, 0.4) is 0 Å². The van der Waals surface area contributed by atoms with Gasteiger partial charge in [-0.2, -0.15) is 0 Å². The molecule has 5 nitrogen and oxygen atoms in total. The molecule has 130 valence electrons. The first-order valence-electron chi connectivity index (χ1n) is 8.91. The number of fused-ring (bicyclic) bond motifs is 1. The van der Waals surface area contributed by atoms with Gasteiger partial charge in [0.15, 0.2) is 0 Å². The van der Waals surface area contributed by atoms with E-state index in [0.717, 1.165) is 24.9 Å². The van der Waals surface area contributed by atoms with Crippen molar-refractivity contribution in [2.45, 2.75) is 44.7 Å². The third-order valence-electron chi connectivity index (χ3n) is 5.30. The normalized spacial score (nSPS) is 22.8. The van der Waals surface area contributed by atoms with Crippen molar-refractivity contribution in [1.29, 1.82) is 0 Å². The highest BCUT2D eigenvalue weighted by molar-refractivity contribution is 5.93. The Kier molecular flexibility index (Phi) is 5.07. The van der Waals surface area contributed by atoms with Crippen molar-refractivity contribution >= 4 is 11.9 Å². The highest BCUT2D eigenvalue weighted by atomic mass is 16.2. The molecule has 1 aromatic rings. The van der Waals surface area contributed by atoms with Crippen LogP contribution in [0.5, 0.6) is 0 Å². The molecule has 1 heterocycles. The van der Waals surface area contributed by atoms with Gasteiger partial charge in [-0.3, -0.25) is 4.79 Å². The van der Waals surface area contributed by atoms with E-state index in [2.05, 4.69) is 5.32 Å². The largest absolute Gasteiger partial charge is 0.345 e. The first kappa shape index (κ1) is 16.8. The van der Waals surface area contributed by atoms with E-state index >= 15 is 0 Å². The van der Waals surface area contributed by atoms with Gasteiger partial charge in [0.2, 0.25) is 0 Å². The number of carbonyl (C=O) groups is 2. The number of rotatable bonds is 3. The van der Waals surface area contributed by atoms with E-state index < -0.39 is 0 Å². The Labute approximate surface area is 144 Å². The second-order valence-electron chi connectivity index (χ2n) is 7.15. The van der Waals surface area contributed by atoms with E-state index in [1.807, 2.05) is 29.2 Å². The van der Waals surface area contributed by atoms with E-state index in [1.54, 1.807) is 19.0 Å². The summed E-state index contributed by atoms with van der Waals surface area (Å²) in [6.45, 7) is 1.38. The Morgan fingerprint density at radius 3 is 2.54 bits per heavy atom. The second-order valence-corrected chi connectivity index (χ2v) is 7.15. The van der Waals surface area contributed by atoms with Gasteiger partial charge >= 0.3 is 6.03 Å². The molecule has 0 spiro atoms. The molecule has 2 aliphatic rings. The average Bonchev–Trinajstić information content (AvgIpc) is 3.08. The van der Waals surface area contributed by atoms with Crippen molar-refractivity contribution < 1.29 is 9.59 Å². The van der Waals surface area contributed by atoms with Crippen LogP contribution in [-0.4, -0.2) is 48.4 Å². The summed E-state index contributed by atoms with van der Waals surface area (Å²) in [6.07, 6.45) is 6.07. The quantitative estimate of drug-likeness (QED) is 0.927. The summed E-state index contributed by atoms with van der Waals surface area (Å²) in [5.41, 5.74) is 1.68. The van der Waals surface area contributed by atoms with Crippen LogP contribution in [0.4, 0.5) is 4.79 Å². The third kappa shape index (κ3) is 3.55. The Balaban J connectivity index is 1.55. The fourth-order valence-corrected chi connectivity index (χ4v) is 4.01. The zero-order valence-electron chi connectivity index (χ0n) is 14.6. The monoisotopic (exact) mass is 329 g/mol. The fraction of sp³-hybridized carbons (Fsp3) is 0.579. The van der Waals surface area contributed by atoms with Crippen LogP contribution < -0.4 is 5.32 Å². The minimum Gasteiger partial charge on any atom is -0.345 e. The lowest BCUT2D eigenvalue weighted by atomic mass is 9.92. The predicted molar refractivity (Wildman–Crippen MR) is 93.8 cm³/mol. The van der Waals surface area contributed by atoms with Gasteiger partial charge < -0.3 is 15.1 Å². The molecule has 1 aliphatic carbocycles. The summed E-state index contributed by atoms with van der Waals surface area (Å²) in [5.74, 6) is 0.701. The molecule has 1 saturated heterocycles. The Morgan fingerprint density at radius 2 is 1.83 bits per heavy atom. The smallest absolute Gasteiger partial charge is 0.317 e. The number of nitrogens with zero attached hydrogens (tertiary/aromatic N) is 2. The van der Waals surface area contributed by atoms with Crippen LogP contribution in [0.1, 0.15) is 48.0 Å². The molecule has 1 N–H and O–H groups in total. The van der Waals surface area contributed by atoms with Crippen molar-refractivity contribution in [3.8, 4) is 0 Å². The highest BCUT2D eigenvalue weighted by Gasteiger charge is 2.37. The fourth-order valence-electron chi connectivity index (χ4n) is 4.01. The first-order chi connectivity index (χ1) is 11.6. The predicted octanol–water partition coefficient (Wildman–Crippen LogP) is 2.86. The number of piperidine rings is 1. The highest BCUT2D eigenvalue weighted by Crippen LogP contribution is 2.36. The molecular formula is C19H27N3O2. The molecule has 2 atom stereocenters. The van der Waals surface area contributed by atoms with E-state index in [9.17, 15) is 9.59 Å². The average molecular weight is 329 g/mol. The Morgan fingerprint density at radius 1 is 1.12 bits per heavy atom. The van der Waals surface area contributed by atoms with Crippen molar-refractivity contribution in [3.63, 3.8) is 0 Å². The maximum absolute atomic E-state index is 12.5. The van der Waals surface area contributed by atoms with E-state index in [1.165, 1.54) is 19.3 Å². The zero-order valence-corrected chi connectivity index (χ0v) is 14.6. The SMILES string of the molecule is CN(C)C(=O)c1ccc(CNC(=O)N2CCCC3CCCC32)cc1. The second kappa shape index (κ2) is 7.24. The van der Waals surface area contributed by atoms with Gasteiger partial charge in [0, 0.05) is 38.8 Å². The van der Waals surface area contributed by atoms with Crippen LogP contribution in [-0.2, 0) is 6.54 Å². The van der Waals surface area contributed by atoms with Gasteiger partial charge in [-0.15, -0.1) is 0 Å². The molecular weight excluding hydrogens is 302 g/mol. The molecule has 1 aliphatic heterocycles. The van der Waals surface area contributed by atoms with Crippen molar-refractivity contribution in [1.82, 2.24) is 15.1 Å². The summed E-state index contributed by atoms with van der Waals surface area (Å²) < 4.78 is 0. The Bertz CT molecular complexity index is 597. The molecule has 0 bridgehead atoms. The summed E-state index contributed by atoms with van der Waals surface area (Å²) in [6, 6.07) is 7.95. The lowest BCUT2D eigenvalue weighted by Gasteiger charge is -2.37. The minimum absolute atomic E-state index is 0.00817. The molecule has 24 heavy (non-hydrogen) atoms. The van der Waals surface area contributed by atoms with Gasteiger partial charge in [-0.25, -0.2) is 4.79 Å². The number of likely N-dealkylation sites (tertiary alicyclic amines) is 1. The summed E-state index contributed by atoms with van der Waals surface area (Å²) >= 11 is 0. The van der Waals surface area contributed by atoms with Gasteiger partial charge in [-0.1, -0.05) is 18.6 Å². The molecule has 1 saturated carbocycles.